The lowest BCUT2D eigenvalue weighted by Crippen LogP contribution is -2.33. The second-order valence-electron chi connectivity index (χ2n) is 9.01. The molecule has 0 bridgehead atoms. The highest BCUT2D eigenvalue weighted by Gasteiger charge is 2.23. The fourth-order valence-corrected chi connectivity index (χ4v) is 4.79. The van der Waals surface area contributed by atoms with Crippen molar-refractivity contribution >= 4 is 28.5 Å². The molecular weight excluding hydrogens is 482 g/mol. The number of carbonyl (C=O) groups excluding carboxylic acids is 1. The third-order valence-corrected chi connectivity index (χ3v) is 6.59. The lowest BCUT2D eigenvalue weighted by molar-refractivity contribution is -0.121. The molecule has 0 spiro atoms. The van der Waals surface area contributed by atoms with Crippen LogP contribution in [0.1, 0.15) is 28.6 Å². The van der Waals surface area contributed by atoms with Crippen molar-refractivity contribution in [3.05, 3.63) is 131 Å². The van der Waals surface area contributed by atoms with E-state index in [4.69, 9.17) is 21.3 Å². The van der Waals surface area contributed by atoms with Gasteiger partial charge in [0.25, 0.3) is 0 Å². The van der Waals surface area contributed by atoms with Gasteiger partial charge in [-0.3, -0.25) is 4.79 Å². The molecule has 0 saturated carbocycles. The number of imidazole rings is 1. The Bertz CT molecular complexity index is 1500. The first-order valence-electron chi connectivity index (χ1n) is 12.2. The van der Waals surface area contributed by atoms with E-state index in [9.17, 15) is 4.79 Å². The highest BCUT2D eigenvalue weighted by Crippen LogP contribution is 2.28. The van der Waals surface area contributed by atoms with Gasteiger partial charge in [-0.05, 0) is 47.4 Å². The van der Waals surface area contributed by atoms with Gasteiger partial charge >= 0.3 is 0 Å². The van der Waals surface area contributed by atoms with Gasteiger partial charge in [-0.2, -0.15) is 0 Å². The van der Waals surface area contributed by atoms with Gasteiger partial charge in [0, 0.05) is 17.6 Å². The largest absolute Gasteiger partial charge is 0.497 e. The molecule has 4 aromatic carbocycles. The first kappa shape index (κ1) is 24.6. The van der Waals surface area contributed by atoms with Crippen LogP contribution in [0.5, 0.6) is 5.75 Å². The first-order valence-corrected chi connectivity index (χ1v) is 12.6. The Hall–Kier alpha value is -4.09. The topological polar surface area (TPSA) is 56.1 Å². The van der Waals surface area contributed by atoms with E-state index in [0.29, 0.717) is 24.4 Å². The molecule has 5 nitrogen and oxygen atoms in total. The Morgan fingerprint density at radius 2 is 1.59 bits per heavy atom. The Morgan fingerprint density at radius 3 is 2.30 bits per heavy atom. The van der Waals surface area contributed by atoms with Crippen LogP contribution in [0.2, 0.25) is 5.02 Å². The van der Waals surface area contributed by atoms with Gasteiger partial charge in [0.05, 0.1) is 30.6 Å². The maximum atomic E-state index is 13.2. The molecule has 1 heterocycles. The van der Waals surface area contributed by atoms with Gasteiger partial charge in [0.15, 0.2) is 0 Å². The minimum Gasteiger partial charge on any atom is -0.497 e. The first-order chi connectivity index (χ1) is 18.1. The second kappa shape index (κ2) is 11.3. The fraction of sp³-hybridized carbons (Fsp3) is 0.161. The van der Waals surface area contributed by atoms with Crippen molar-refractivity contribution in [1.82, 2.24) is 14.9 Å². The number of aromatic nitrogens is 2. The molecule has 1 aromatic heterocycles. The summed E-state index contributed by atoms with van der Waals surface area (Å²) in [6.07, 6.45) is 0.909. The summed E-state index contributed by atoms with van der Waals surface area (Å²) in [5.41, 5.74) is 4.91. The van der Waals surface area contributed by atoms with E-state index in [0.717, 1.165) is 39.3 Å². The summed E-state index contributed by atoms with van der Waals surface area (Å²) >= 11 is 6.30. The number of rotatable bonds is 9. The van der Waals surface area contributed by atoms with Crippen molar-refractivity contribution in [2.24, 2.45) is 0 Å². The quantitative estimate of drug-likeness (QED) is 0.250. The standard InChI is InChI=1S/C31H28ClN3O2/c1-37-26-15-16-27-29(20-26)35(21-24-13-8-14-25(32)17-24)31(34-27)28(18-22-9-4-2-5-10-22)33-30(36)19-23-11-6-3-7-12-23/h2-17,20,28H,18-19,21H2,1H3,(H,33,36). The van der Waals surface area contributed by atoms with Crippen LogP contribution in [0.4, 0.5) is 0 Å². The average molecular weight is 510 g/mol. The molecule has 6 heteroatoms. The van der Waals surface area contributed by atoms with Crippen molar-refractivity contribution < 1.29 is 9.53 Å². The number of amides is 1. The van der Waals surface area contributed by atoms with Crippen LogP contribution in [0.25, 0.3) is 11.0 Å². The fourth-order valence-electron chi connectivity index (χ4n) is 4.58. The molecule has 5 rings (SSSR count). The van der Waals surface area contributed by atoms with Crippen molar-refractivity contribution in [2.45, 2.75) is 25.4 Å². The van der Waals surface area contributed by atoms with Gasteiger partial charge in [-0.25, -0.2) is 4.98 Å². The monoisotopic (exact) mass is 509 g/mol. The third kappa shape index (κ3) is 6.01. The summed E-state index contributed by atoms with van der Waals surface area (Å²) in [6, 6.07) is 33.3. The predicted molar refractivity (Wildman–Crippen MR) is 148 cm³/mol. The minimum absolute atomic E-state index is 0.0499. The lowest BCUT2D eigenvalue weighted by atomic mass is 10.0. The molecule has 0 aliphatic rings. The molecule has 0 aliphatic heterocycles. The summed E-state index contributed by atoms with van der Waals surface area (Å²) in [7, 11) is 1.65. The number of nitrogens with zero attached hydrogens (tertiary/aromatic N) is 2. The summed E-state index contributed by atoms with van der Waals surface area (Å²) in [5, 5.41) is 3.96. The summed E-state index contributed by atoms with van der Waals surface area (Å²) in [4.78, 5) is 18.3. The number of halogens is 1. The van der Waals surface area contributed by atoms with Gasteiger partial charge in [-0.15, -0.1) is 0 Å². The molecule has 1 atom stereocenters. The normalized spacial score (nSPS) is 11.8. The average Bonchev–Trinajstić information content (AvgIpc) is 3.27. The number of hydrogen-bond donors (Lipinski definition) is 1. The van der Waals surface area contributed by atoms with E-state index < -0.39 is 0 Å². The summed E-state index contributed by atoms with van der Waals surface area (Å²) in [6.45, 7) is 0.555. The summed E-state index contributed by atoms with van der Waals surface area (Å²) < 4.78 is 7.66. The Kier molecular flexibility index (Phi) is 7.52. The van der Waals surface area contributed by atoms with Crippen molar-refractivity contribution in [1.29, 1.82) is 0 Å². The Balaban J connectivity index is 1.57. The van der Waals surface area contributed by atoms with E-state index in [1.807, 2.05) is 91.0 Å². The molecule has 5 aromatic rings. The van der Waals surface area contributed by atoms with Crippen LogP contribution in [0, 0.1) is 0 Å². The second-order valence-corrected chi connectivity index (χ2v) is 9.45. The number of ether oxygens (including phenoxy) is 1. The van der Waals surface area contributed by atoms with E-state index in [-0.39, 0.29) is 11.9 Å². The third-order valence-electron chi connectivity index (χ3n) is 6.35. The van der Waals surface area contributed by atoms with E-state index in [1.165, 1.54) is 0 Å². The highest BCUT2D eigenvalue weighted by molar-refractivity contribution is 6.30. The highest BCUT2D eigenvalue weighted by atomic mass is 35.5. The molecule has 1 amide bonds. The Morgan fingerprint density at radius 1 is 0.892 bits per heavy atom. The predicted octanol–water partition coefficient (Wildman–Crippen LogP) is 6.39. The van der Waals surface area contributed by atoms with Crippen LogP contribution in [-0.2, 0) is 24.2 Å². The maximum absolute atomic E-state index is 13.2. The van der Waals surface area contributed by atoms with Crippen molar-refractivity contribution in [3.63, 3.8) is 0 Å². The lowest BCUT2D eigenvalue weighted by Gasteiger charge is -2.21. The van der Waals surface area contributed by atoms with Crippen LogP contribution in [0.3, 0.4) is 0 Å². The molecular formula is C31H28ClN3O2. The number of hydrogen-bond acceptors (Lipinski definition) is 3. The zero-order valence-electron chi connectivity index (χ0n) is 20.6. The molecule has 1 unspecified atom stereocenters. The zero-order chi connectivity index (χ0) is 25.6. The van der Waals surface area contributed by atoms with E-state index >= 15 is 0 Å². The van der Waals surface area contributed by atoms with Crippen molar-refractivity contribution in [2.75, 3.05) is 7.11 Å². The molecule has 0 fully saturated rings. The van der Waals surface area contributed by atoms with E-state index in [2.05, 4.69) is 22.0 Å². The molecule has 0 saturated heterocycles. The van der Waals surface area contributed by atoms with Crippen LogP contribution in [0.15, 0.2) is 103 Å². The number of carbonyl (C=O) groups is 1. The van der Waals surface area contributed by atoms with Crippen LogP contribution >= 0.6 is 11.6 Å². The van der Waals surface area contributed by atoms with Crippen LogP contribution in [-0.4, -0.2) is 22.6 Å². The van der Waals surface area contributed by atoms with E-state index in [1.54, 1.807) is 7.11 Å². The van der Waals surface area contributed by atoms with Gasteiger partial charge in [-0.1, -0.05) is 84.4 Å². The summed E-state index contributed by atoms with van der Waals surface area (Å²) in [5.74, 6) is 1.48. The number of fused-ring (bicyclic) bond motifs is 1. The SMILES string of the molecule is COc1ccc2nc(C(Cc3ccccc3)NC(=O)Cc3ccccc3)n(Cc3cccc(Cl)c3)c2c1. The maximum Gasteiger partial charge on any atom is 0.225 e. The van der Waals surface area contributed by atoms with Gasteiger partial charge < -0.3 is 14.6 Å². The molecule has 0 radical (unpaired) electrons. The van der Waals surface area contributed by atoms with Gasteiger partial charge in [0.2, 0.25) is 5.91 Å². The number of nitrogens with one attached hydrogen (secondary N) is 1. The smallest absolute Gasteiger partial charge is 0.225 e. The van der Waals surface area contributed by atoms with Crippen LogP contribution < -0.4 is 10.1 Å². The number of benzene rings is 4. The van der Waals surface area contributed by atoms with Gasteiger partial charge in [0.1, 0.15) is 11.6 Å². The van der Waals surface area contributed by atoms with Crippen molar-refractivity contribution in [3.8, 4) is 5.75 Å². The minimum atomic E-state index is -0.337. The molecule has 37 heavy (non-hydrogen) atoms. The number of methoxy groups -OCH3 is 1. The zero-order valence-corrected chi connectivity index (χ0v) is 21.4. The Labute approximate surface area is 221 Å². The molecule has 1 N–H and O–H groups in total. The molecule has 0 aliphatic carbocycles. The molecule has 186 valence electrons.